The van der Waals surface area contributed by atoms with Crippen molar-refractivity contribution in [2.24, 2.45) is 0 Å². The molecule has 5 heteroatoms. The van der Waals surface area contributed by atoms with Gasteiger partial charge >= 0.3 is 0 Å². The van der Waals surface area contributed by atoms with Crippen LogP contribution in [0.25, 0.3) is 0 Å². The highest BCUT2D eigenvalue weighted by Gasteiger charge is 2.06. The molecule has 1 atom stereocenters. The first-order valence-corrected chi connectivity index (χ1v) is 9.00. The standard InChI is InChI=1S/C21H26N2O2S/c1-5-12-24-19-10-7-18(8-11-19)23-21(26)22-17(4)14-25-20-9-6-15(2)16(3)13-20/h5-11,13,17H,1,12,14H2,2-4H3,(H2,22,23,26)/t17-/m1/s1. The van der Waals surface area contributed by atoms with E-state index in [0.29, 0.717) is 18.3 Å². The number of aryl methyl sites for hydroxylation is 2. The third kappa shape index (κ3) is 6.41. The second kappa shape index (κ2) is 9.82. The second-order valence-electron chi connectivity index (χ2n) is 6.18. The van der Waals surface area contributed by atoms with Crippen LogP contribution in [0.15, 0.2) is 55.1 Å². The molecule has 0 heterocycles. The Hall–Kier alpha value is -2.53. The molecule has 0 aromatic heterocycles. The maximum absolute atomic E-state index is 5.83. The van der Waals surface area contributed by atoms with E-state index in [4.69, 9.17) is 21.7 Å². The summed E-state index contributed by atoms with van der Waals surface area (Å²) in [5, 5.41) is 6.94. The number of anilines is 1. The fourth-order valence-corrected chi connectivity index (χ4v) is 2.57. The first-order valence-electron chi connectivity index (χ1n) is 8.59. The molecule has 0 aliphatic rings. The predicted molar refractivity (Wildman–Crippen MR) is 112 cm³/mol. The first kappa shape index (κ1) is 19.8. The van der Waals surface area contributed by atoms with Crippen molar-refractivity contribution in [2.45, 2.75) is 26.8 Å². The van der Waals surface area contributed by atoms with Gasteiger partial charge in [0.15, 0.2) is 5.11 Å². The third-order valence-corrected chi connectivity index (χ3v) is 4.06. The van der Waals surface area contributed by atoms with Gasteiger partial charge in [0.2, 0.25) is 0 Å². The molecule has 0 bridgehead atoms. The van der Waals surface area contributed by atoms with E-state index >= 15 is 0 Å². The van der Waals surface area contributed by atoms with Gasteiger partial charge in [-0.1, -0.05) is 18.7 Å². The maximum Gasteiger partial charge on any atom is 0.171 e. The normalized spacial score (nSPS) is 11.3. The lowest BCUT2D eigenvalue weighted by molar-refractivity contribution is 0.287. The minimum absolute atomic E-state index is 0.0757. The minimum atomic E-state index is 0.0757. The van der Waals surface area contributed by atoms with Crippen molar-refractivity contribution in [2.75, 3.05) is 18.5 Å². The SMILES string of the molecule is C=CCOc1ccc(NC(=S)N[C@H](C)COc2ccc(C)c(C)c2)cc1. The maximum atomic E-state index is 5.83. The van der Waals surface area contributed by atoms with Crippen LogP contribution < -0.4 is 20.1 Å². The van der Waals surface area contributed by atoms with Crippen molar-refractivity contribution < 1.29 is 9.47 Å². The predicted octanol–water partition coefficient (Wildman–Crippen LogP) is 4.62. The van der Waals surface area contributed by atoms with Crippen LogP contribution in [-0.2, 0) is 0 Å². The fourth-order valence-electron chi connectivity index (χ4n) is 2.25. The van der Waals surface area contributed by atoms with Crippen molar-refractivity contribution in [3.8, 4) is 11.5 Å². The number of hydrogen-bond donors (Lipinski definition) is 2. The summed E-state index contributed by atoms with van der Waals surface area (Å²) in [7, 11) is 0. The average Bonchev–Trinajstić information content (AvgIpc) is 2.62. The molecule has 2 rings (SSSR count). The van der Waals surface area contributed by atoms with Gasteiger partial charge in [0, 0.05) is 5.69 Å². The molecule has 0 aliphatic heterocycles. The van der Waals surface area contributed by atoms with Gasteiger partial charge in [-0.15, -0.1) is 0 Å². The van der Waals surface area contributed by atoms with E-state index in [9.17, 15) is 0 Å². The Kier molecular flexibility index (Phi) is 7.48. The highest BCUT2D eigenvalue weighted by molar-refractivity contribution is 7.80. The van der Waals surface area contributed by atoms with Crippen molar-refractivity contribution in [3.63, 3.8) is 0 Å². The lowest BCUT2D eigenvalue weighted by Gasteiger charge is -2.18. The molecule has 0 spiro atoms. The summed E-state index contributed by atoms with van der Waals surface area (Å²) in [4.78, 5) is 0. The van der Waals surface area contributed by atoms with E-state index in [2.05, 4.69) is 43.2 Å². The highest BCUT2D eigenvalue weighted by Crippen LogP contribution is 2.17. The number of nitrogens with one attached hydrogen (secondary N) is 2. The zero-order valence-electron chi connectivity index (χ0n) is 15.5. The summed E-state index contributed by atoms with van der Waals surface area (Å²) >= 11 is 5.36. The molecule has 4 nitrogen and oxygen atoms in total. The molecular weight excluding hydrogens is 344 g/mol. The van der Waals surface area contributed by atoms with Gasteiger partial charge in [-0.3, -0.25) is 0 Å². The third-order valence-electron chi connectivity index (χ3n) is 3.84. The Morgan fingerprint density at radius 2 is 1.77 bits per heavy atom. The summed E-state index contributed by atoms with van der Waals surface area (Å²) in [5.74, 6) is 1.67. The zero-order valence-corrected chi connectivity index (χ0v) is 16.4. The Balaban J connectivity index is 1.77. The molecule has 0 saturated heterocycles. The van der Waals surface area contributed by atoms with Crippen molar-refractivity contribution in [1.82, 2.24) is 5.32 Å². The molecular formula is C21H26N2O2S. The summed E-state index contributed by atoms with van der Waals surface area (Å²) < 4.78 is 11.3. The largest absolute Gasteiger partial charge is 0.491 e. The van der Waals surface area contributed by atoms with Crippen LogP contribution in [0.1, 0.15) is 18.1 Å². The zero-order chi connectivity index (χ0) is 18.9. The molecule has 2 aromatic rings. The Labute approximate surface area is 161 Å². The Morgan fingerprint density at radius 1 is 1.08 bits per heavy atom. The summed E-state index contributed by atoms with van der Waals surface area (Å²) in [6, 6.07) is 13.8. The molecule has 0 unspecified atom stereocenters. The smallest absolute Gasteiger partial charge is 0.171 e. The van der Waals surface area contributed by atoms with Crippen molar-refractivity contribution in [3.05, 3.63) is 66.2 Å². The quantitative estimate of drug-likeness (QED) is 0.524. The van der Waals surface area contributed by atoms with Crippen LogP contribution in [0.4, 0.5) is 5.69 Å². The van der Waals surface area contributed by atoms with Crippen LogP contribution >= 0.6 is 12.2 Å². The fraction of sp³-hybridized carbons (Fsp3) is 0.286. The van der Waals surface area contributed by atoms with Gasteiger partial charge in [-0.2, -0.15) is 0 Å². The van der Waals surface area contributed by atoms with E-state index in [0.717, 1.165) is 17.2 Å². The number of rotatable bonds is 8. The van der Waals surface area contributed by atoms with Crippen LogP contribution in [0.2, 0.25) is 0 Å². The van der Waals surface area contributed by atoms with E-state index in [-0.39, 0.29) is 6.04 Å². The molecule has 0 amide bonds. The topological polar surface area (TPSA) is 42.5 Å². The van der Waals surface area contributed by atoms with Crippen LogP contribution in [-0.4, -0.2) is 24.4 Å². The summed E-state index contributed by atoms with van der Waals surface area (Å²) in [5.41, 5.74) is 3.38. The summed E-state index contributed by atoms with van der Waals surface area (Å²) in [6.45, 7) is 10.8. The van der Waals surface area contributed by atoms with Gasteiger partial charge in [-0.05, 0) is 80.5 Å². The van der Waals surface area contributed by atoms with Crippen LogP contribution in [0, 0.1) is 13.8 Å². The van der Waals surface area contributed by atoms with E-state index in [1.807, 2.05) is 37.3 Å². The first-order chi connectivity index (χ1) is 12.5. The van der Waals surface area contributed by atoms with E-state index in [1.54, 1.807) is 6.08 Å². The molecule has 138 valence electrons. The van der Waals surface area contributed by atoms with Gasteiger partial charge in [0.05, 0.1) is 6.04 Å². The summed E-state index contributed by atoms with van der Waals surface area (Å²) in [6.07, 6.45) is 1.71. The highest BCUT2D eigenvalue weighted by atomic mass is 32.1. The van der Waals surface area contributed by atoms with Crippen LogP contribution in [0.5, 0.6) is 11.5 Å². The molecule has 26 heavy (non-hydrogen) atoms. The van der Waals surface area contributed by atoms with E-state index in [1.165, 1.54) is 11.1 Å². The minimum Gasteiger partial charge on any atom is -0.491 e. The molecule has 2 aromatic carbocycles. The molecule has 0 aliphatic carbocycles. The monoisotopic (exact) mass is 370 g/mol. The molecule has 2 N–H and O–H groups in total. The molecule has 0 saturated carbocycles. The number of ether oxygens (including phenoxy) is 2. The van der Waals surface area contributed by atoms with Gasteiger partial charge in [0.1, 0.15) is 24.7 Å². The van der Waals surface area contributed by atoms with Crippen molar-refractivity contribution in [1.29, 1.82) is 0 Å². The second-order valence-corrected chi connectivity index (χ2v) is 6.59. The van der Waals surface area contributed by atoms with Crippen molar-refractivity contribution >= 4 is 23.0 Å². The Morgan fingerprint density at radius 3 is 2.42 bits per heavy atom. The van der Waals surface area contributed by atoms with E-state index < -0.39 is 0 Å². The van der Waals surface area contributed by atoms with Gasteiger partial charge < -0.3 is 20.1 Å². The number of thiocarbonyl (C=S) groups is 1. The van der Waals surface area contributed by atoms with Crippen LogP contribution in [0.3, 0.4) is 0 Å². The van der Waals surface area contributed by atoms with Gasteiger partial charge in [-0.25, -0.2) is 0 Å². The van der Waals surface area contributed by atoms with Gasteiger partial charge in [0.25, 0.3) is 0 Å². The lowest BCUT2D eigenvalue weighted by Crippen LogP contribution is -2.39. The Bertz CT molecular complexity index is 744. The molecule has 0 fully saturated rings. The average molecular weight is 371 g/mol. The molecule has 0 radical (unpaired) electrons. The lowest BCUT2D eigenvalue weighted by atomic mass is 10.1. The number of benzene rings is 2. The number of hydrogen-bond acceptors (Lipinski definition) is 3.